The standard InChI is InChI=1S/C21H26N2O5S/c1-27-19-13-8-15(14-20(19)28-2)21(24)22-16-9-11-18(12-10-16)29(25,26)23-17-6-4-3-5-7-17/h8-14,17,23H,3-7H2,1-2H3,(H,22,24). The lowest BCUT2D eigenvalue weighted by Crippen LogP contribution is -2.36. The summed E-state index contributed by atoms with van der Waals surface area (Å²) in [6.07, 6.45) is 5.01. The van der Waals surface area contributed by atoms with Crippen molar-refractivity contribution in [3.05, 3.63) is 48.0 Å². The van der Waals surface area contributed by atoms with Crippen molar-refractivity contribution >= 4 is 21.6 Å². The summed E-state index contributed by atoms with van der Waals surface area (Å²) in [6.45, 7) is 0. The van der Waals surface area contributed by atoms with E-state index in [0.717, 1.165) is 32.1 Å². The highest BCUT2D eigenvalue weighted by Crippen LogP contribution is 2.28. The molecule has 156 valence electrons. The molecular weight excluding hydrogens is 392 g/mol. The van der Waals surface area contributed by atoms with Crippen LogP contribution in [0.3, 0.4) is 0 Å². The van der Waals surface area contributed by atoms with Crippen LogP contribution in [0.4, 0.5) is 5.69 Å². The number of amides is 1. The van der Waals surface area contributed by atoms with Gasteiger partial charge < -0.3 is 14.8 Å². The molecule has 3 rings (SSSR count). The summed E-state index contributed by atoms with van der Waals surface area (Å²) in [5.41, 5.74) is 0.903. The molecular formula is C21H26N2O5S. The Kier molecular flexibility index (Phi) is 6.76. The molecule has 0 spiro atoms. The van der Waals surface area contributed by atoms with Gasteiger partial charge in [0.15, 0.2) is 11.5 Å². The number of nitrogens with one attached hydrogen (secondary N) is 2. The number of anilines is 1. The minimum Gasteiger partial charge on any atom is -0.493 e. The molecule has 0 aromatic heterocycles. The molecule has 7 nitrogen and oxygen atoms in total. The zero-order valence-electron chi connectivity index (χ0n) is 16.6. The first-order chi connectivity index (χ1) is 13.9. The van der Waals surface area contributed by atoms with Gasteiger partial charge in [-0.1, -0.05) is 19.3 Å². The quantitative estimate of drug-likeness (QED) is 0.717. The first kappa shape index (κ1) is 21.1. The summed E-state index contributed by atoms with van der Waals surface area (Å²) in [4.78, 5) is 12.7. The molecule has 0 unspecified atom stereocenters. The van der Waals surface area contributed by atoms with E-state index in [9.17, 15) is 13.2 Å². The number of hydrogen-bond acceptors (Lipinski definition) is 5. The summed E-state index contributed by atoms with van der Waals surface area (Å²) in [5, 5.41) is 2.76. The molecule has 0 radical (unpaired) electrons. The van der Waals surface area contributed by atoms with E-state index in [-0.39, 0.29) is 16.8 Å². The third-order valence-electron chi connectivity index (χ3n) is 5.00. The zero-order valence-corrected chi connectivity index (χ0v) is 17.4. The van der Waals surface area contributed by atoms with Crippen LogP contribution in [-0.4, -0.2) is 34.6 Å². The van der Waals surface area contributed by atoms with Gasteiger partial charge in [-0.25, -0.2) is 13.1 Å². The number of carbonyl (C=O) groups excluding carboxylic acids is 1. The molecule has 0 aliphatic heterocycles. The Bertz CT molecular complexity index is 952. The first-order valence-electron chi connectivity index (χ1n) is 9.59. The molecule has 0 saturated heterocycles. The summed E-state index contributed by atoms with van der Waals surface area (Å²) >= 11 is 0. The lowest BCUT2D eigenvalue weighted by molar-refractivity contribution is 0.102. The molecule has 0 atom stereocenters. The Morgan fingerprint density at radius 1 is 0.931 bits per heavy atom. The molecule has 29 heavy (non-hydrogen) atoms. The molecule has 8 heteroatoms. The number of carbonyl (C=O) groups is 1. The normalized spacial score (nSPS) is 15.0. The van der Waals surface area contributed by atoms with Gasteiger partial charge in [0.25, 0.3) is 5.91 Å². The van der Waals surface area contributed by atoms with E-state index < -0.39 is 10.0 Å². The van der Waals surface area contributed by atoms with Crippen molar-refractivity contribution in [1.29, 1.82) is 0 Å². The van der Waals surface area contributed by atoms with Crippen molar-refractivity contribution in [2.75, 3.05) is 19.5 Å². The molecule has 1 amide bonds. The van der Waals surface area contributed by atoms with E-state index in [1.165, 1.54) is 26.4 Å². The molecule has 1 aliphatic rings. The molecule has 2 aromatic rings. The van der Waals surface area contributed by atoms with Gasteiger partial charge in [0.2, 0.25) is 10.0 Å². The van der Waals surface area contributed by atoms with Crippen LogP contribution < -0.4 is 19.5 Å². The minimum atomic E-state index is -3.57. The monoisotopic (exact) mass is 418 g/mol. The Hall–Kier alpha value is -2.58. The third kappa shape index (κ3) is 5.27. The van der Waals surface area contributed by atoms with E-state index in [1.54, 1.807) is 30.3 Å². The smallest absolute Gasteiger partial charge is 0.255 e. The fraction of sp³-hybridized carbons (Fsp3) is 0.381. The maximum absolute atomic E-state index is 12.6. The van der Waals surface area contributed by atoms with Crippen LogP contribution in [0.2, 0.25) is 0 Å². The molecule has 0 heterocycles. The van der Waals surface area contributed by atoms with Crippen LogP contribution in [0, 0.1) is 0 Å². The summed E-state index contributed by atoms with van der Waals surface area (Å²) in [7, 11) is -0.543. The predicted octanol–water partition coefficient (Wildman–Crippen LogP) is 3.57. The molecule has 2 aromatic carbocycles. The zero-order chi connectivity index (χ0) is 20.9. The Labute approximate surface area is 171 Å². The fourth-order valence-electron chi connectivity index (χ4n) is 3.41. The summed E-state index contributed by atoms with van der Waals surface area (Å²) < 4.78 is 38.3. The van der Waals surface area contributed by atoms with Crippen molar-refractivity contribution in [1.82, 2.24) is 4.72 Å². The predicted molar refractivity (Wildman–Crippen MR) is 111 cm³/mol. The Morgan fingerprint density at radius 2 is 1.59 bits per heavy atom. The van der Waals surface area contributed by atoms with Crippen LogP contribution in [0.15, 0.2) is 47.4 Å². The van der Waals surface area contributed by atoms with Gasteiger partial charge in [0.1, 0.15) is 0 Å². The molecule has 1 saturated carbocycles. The van der Waals surface area contributed by atoms with Gasteiger partial charge in [0.05, 0.1) is 19.1 Å². The summed E-state index contributed by atoms with van der Waals surface area (Å²) in [6, 6.07) is 11.0. The highest BCUT2D eigenvalue weighted by molar-refractivity contribution is 7.89. The average molecular weight is 419 g/mol. The van der Waals surface area contributed by atoms with Crippen molar-refractivity contribution in [3.8, 4) is 11.5 Å². The van der Waals surface area contributed by atoms with Gasteiger partial charge >= 0.3 is 0 Å². The van der Waals surface area contributed by atoms with Crippen LogP contribution in [0.5, 0.6) is 11.5 Å². The van der Waals surface area contributed by atoms with Gasteiger partial charge in [-0.3, -0.25) is 4.79 Å². The van der Waals surface area contributed by atoms with Crippen LogP contribution in [0.25, 0.3) is 0 Å². The topological polar surface area (TPSA) is 93.7 Å². The van der Waals surface area contributed by atoms with Gasteiger partial charge in [-0.05, 0) is 55.3 Å². The van der Waals surface area contributed by atoms with E-state index in [2.05, 4.69) is 10.0 Å². The lowest BCUT2D eigenvalue weighted by atomic mass is 9.96. The van der Waals surface area contributed by atoms with Crippen molar-refractivity contribution in [2.24, 2.45) is 0 Å². The Morgan fingerprint density at radius 3 is 2.21 bits per heavy atom. The van der Waals surface area contributed by atoms with E-state index in [0.29, 0.717) is 22.7 Å². The second-order valence-electron chi connectivity index (χ2n) is 7.00. The minimum absolute atomic E-state index is 0.00168. The second kappa shape index (κ2) is 9.28. The fourth-order valence-corrected chi connectivity index (χ4v) is 4.71. The van der Waals surface area contributed by atoms with Crippen LogP contribution >= 0.6 is 0 Å². The largest absolute Gasteiger partial charge is 0.493 e. The lowest BCUT2D eigenvalue weighted by Gasteiger charge is -2.22. The van der Waals surface area contributed by atoms with E-state index >= 15 is 0 Å². The number of methoxy groups -OCH3 is 2. The number of rotatable bonds is 7. The number of ether oxygens (including phenoxy) is 2. The summed E-state index contributed by atoms with van der Waals surface area (Å²) in [5.74, 6) is 0.654. The number of hydrogen-bond donors (Lipinski definition) is 2. The SMILES string of the molecule is COc1ccc(C(=O)Nc2ccc(S(=O)(=O)NC3CCCCC3)cc2)cc1OC. The average Bonchev–Trinajstić information content (AvgIpc) is 2.74. The molecule has 1 aliphatic carbocycles. The highest BCUT2D eigenvalue weighted by Gasteiger charge is 2.21. The van der Waals surface area contributed by atoms with Crippen molar-refractivity contribution in [2.45, 2.75) is 43.0 Å². The number of sulfonamides is 1. The molecule has 1 fully saturated rings. The third-order valence-corrected chi connectivity index (χ3v) is 6.53. The second-order valence-corrected chi connectivity index (χ2v) is 8.72. The molecule has 0 bridgehead atoms. The van der Waals surface area contributed by atoms with Crippen molar-refractivity contribution < 1.29 is 22.7 Å². The van der Waals surface area contributed by atoms with Gasteiger partial charge in [-0.15, -0.1) is 0 Å². The van der Waals surface area contributed by atoms with Crippen molar-refractivity contribution in [3.63, 3.8) is 0 Å². The van der Waals surface area contributed by atoms with Gasteiger partial charge in [0, 0.05) is 17.3 Å². The first-order valence-corrected chi connectivity index (χ1v) is 11.1. The van der Waals surface area contributed by atoms with Gasteiger partial charge in [-0.2, -0.15) is 0 Å². The highest BCUT2D eigenvalue weighted by atomic mass is 32.2. The van der Waals surface area contributed by atoms with E-state index in [1.807, 2.05) is 0 Å². The molecule has 2 N–H and O–H groups in total. The van der Waals surface area contributed by atoms with Crippen LogP contribution in [-0.2, 0) is 10.0 Å². The number of benzene rings is 2. The van der Waals surface area contributed by atoms with E-state index in [4.69, 9.17) is 9.47 Å². The van der Waals surface area contributed by atoms with Crippen LogP contribution in [0.1, 0.15) is 42.5 Å². The Balaban J connectivity index is 1.67. The maximum atomic E-state index is 12.6. The maximum Gasteiger partial charge on any atom is 0.255 e.